The molecule has 3 atom stereocenters. The van der Waals surface area contributed by atoms with Gasteiger partial charge in [0.2, 0.25) is 0 Å². The number of carbonyl (C=O) groups excluding carboxylic acids is 3. The third-order valence-corrected chi connectivity index (χ3v) is 3.88. The van der Waals surface area contributed by atoms with Crippen LogP contribution in [0.2, 0.25) is 0 Å². The number of aliphatic hydroxyl groups is 3. The average molecular weight is 332 g/mol. The van der Waals surface area contributed by atoms with E-state index in [0.29, 0.717) is 12.8 Å². The number of esters is 3. The summed E-state index contributed by atoms with van der Waals surface area (Å²) in [5.74, 6) is -9.73. The van der Waals surface area contributed by atoms with Crippen LogP contribution in [0.1, 0.15) is 51.9 Å². The Morgan fingerprint density at radius 2 is 1.52 bits per heavy atom. The van der Waals surface area contributed by atoms with Gasteiger partial charge in [0, 0.05) is 6.42 Å². The van der Waals surface area contributed by atoms with E-state index in [4.69, 9.17) is 4.74 Å². The highest BCUT2D eigenvalue weighted by Crippen LogP contribution is 2.40. The molecule has 2 saturated heterocycles. The molecule has 9 nitrogen and oxygen atoms in total. The van der Waals surface area contributed by atoms with E-state index in [0.717, 1.165) is 12.8 Å². The van der Waals surface area contributed by atoms with Gasteiger partial charge in [0.25, 0.3) is 0 Å². The van der Waals surface area contributed by atoms with Crippen molar-refractivity contribution in [3.05, 3.63) is 0 Å². The second-order valence-corrected chi connectivity index (χ2v) is 5.90. The molecule has 0 amide bonds. The SMILES string of the molecule is CCCCCCC1(O)OC(=O)CC2(O)CC(=O)OC1(O)OC2=O. The summed E-state index contributed by atoms with van der Waals surface area (Å²) in [4.78, 5) is 35.5. The third-order valence-electron chi connectivity index (χ3n) is 3.88. The maximum atomic E-state index is 11.9. The lowest BCUT2D eigenvalue weighted by molar-refractivity contribution is -0.445. The lowest BCUT2D eigenvalue weighted by Gasteiger charge is -2.40. The van der Waals surface area contributed by atoms with Crippen LogP contribution in [-0.4, -0.2) is 50.6 Å². The highest BCUT2D eigenvalue weighted by atomic mass is 16.9. The van der Waals surface area contributed by atoms with Gasteiger partial charge in [-0.15, -0.1) is 0 Å². The first-order chi connectivity index (χ1) is 10.6. The van der Waals surface area contributed by atoms with E-state index in [1.807, 2.05) is 6.92 Å². The fraction of sp³-hybridized carbons (Fsp3) is 0.786. The van der Waals surface area contributed by atoms with Crippen LogP contribution >= 0.6 is 0 Å². The normalized spacial score (nSPS) is 37.3. The van der Waals surface area contributed by atoms with E-state index in [1.54, 1.807) is 0 Å². The minimum Gasteiger partial charge on any atom is -0.422 e. The maximum Gasteiger partial charge on any atom is 0.443 e. The number of carbonyl (C=O) groups is 3. The second kappa shape index (κ2) is 6.06. The molecule has 9 heteroatoms. The monoisotopic (exact) mass is 332 g/mol. The van der Waals surface area contributed by atoms with Crippen LogP contribution in [-0.2, 0) is 28.6 Å². The first kappa shape index (κ1) is 17.6. The Morgan fingerprint density at radius 1 is 0.913 bits per heavy atom. The van der Waals surface area contributed by atoms with Crippen LogP contribution in [0.15, 0.2) is 0 Å². The van der Waals surface area contributed by atoms with E-state index >= 15 is 0 Å². The van der Waals surface area contributed by atoms with Gasteiger partial charge in [0.05, 0.1) is 12.8 Å². The van der Waals surface area contributed by atoms with Gasteiger partial charge in [-0.05, 0) is 6.42 Å². The van der Waals surface area contributed by atoms with E-state index in [-0.39, 0.29) is 6.42 Å². The van der Waals surface area contributed by atoms with Gasteiger partial charge in [0.1, 0.15) is 0 Å². The molecule has 130 valence electrons. The van der Waals surface area contributed by atoms with Crippen LogP contribution in [0.3, 0.4) is 0 Å². The summed E-state index contributed by atoms with van der Waals surface area (Å²) in [5, 5.41) is 30.9. The fourth-order valence-corrected chi connectivity index (χ4v) is 2.57. The summed E-state index contributed by atoms with van der Waals surface area (Å²) in [7, 11) is 0. The summed E-state index contributed by atoms with van der Waals surface area (Å²) >= 11 is 0. The molecule has 0 aromatic heterocycles. The number of unbranched alkanes of at least 4 members (excludes halogenated alkanes) is 3. The zero-order valence-corrected chi connectivity index (χ0v) is 12.7. The standard InChI is InChI=1S/C14H20O9/c1-2-3-4-5-6-13(19)14(20)22-10(16)8-12(18,11(17)23-14)7-9(15)21-13/h18-20H,2-8H2,1H3. The Labute approximate surface area is 132 Å². The number of ether oxygens (including phenoxy) is 3. The van der Waals surface area contributed by atoms with Crippen LogP contribution in [0.5, 0.6) is 0 Å². The second-order valence-electron chi connectivity index (χ2n) is 5.90. The quantitative estimate of drug-likeness (QED) is 0.447. The highest BCUT2D eigenvalue weighted by Gasteiger charge is 2.66. The molecule has 3 unspecified atom stereocenters. The summed E-state index contributed by atoms with van der Waals surface area (Å²) in [6.07, 6.45) is 0.608. The Hall–Kier alpha value is -1.71. The van der Waals surface area contributed by atoms with Crippen molar-refractivity contribution >= 4 is 17.9 Å². The van der Waals surface area contributed by atoms with Crippen molar-refractivity contribution < 1.29 is 43.9 Å². The van der Waals surface area contributed by atoms with Gasteiger partial charge >= 0.3 is 29.7 Å². The molecule has 2 bridgehead atoms. The molecule has 0 saturated carbocycles. The van der Waals surface area contributed by atoms with Crippen LogP contribution in [0, 0.1) is 0 Å². The Balaban J connectivity index is 2.33. The fourth-order valence-electron chi connectivity index (χ4n) is 2.57. The molecule has 0 aromatic carbocycles. The van der Waals surface area contributed by atoms with Crippen molar-refractivity contribution in [1.29, 1.82) is 0 Å². The van der Waals surface area contributed by atoms with Gasteiger partial charge in [-0.1, -0.05) is 26.2 Å². The molecule has 2 heterocycles. The van der Waals surface area contributed by atoms with Crippen LogP contribution < -0.4 is 0 Å². The molecule has 0 aliphatic carbocycles. The first-order valence-electron chi connectivity index (χ1n) is 7.48. The summed E-state index contributed by atoms with van der Waals surface area (Å²) < 4.78 is 14.0. The van der Waals surface area contributed by atoms with E-state index in [1.165, 1.54) is 0 Å². The van der Waals surface area contributed by atoms with Crippen molar-refractivity contribution in [2.24, 2.45) is 0 Å². The molecule has 2 aliphatic heterocycles. The topological polar surface area (TPSA) is 140 Å². The van der Waals surface area contributed by atoms with E-state index in [2.05, 4.69) is 9.47 Å². The van der Waals surface area contributed by atoms with Gasteiger partial charge < -0.3 is 29.5 Å². The molecule has 0 aromatic rings. The van der Waals surface area contributed by atoms with Gasteiger partial charge in [-0.25, -0.2) is 4.79 Å². The Morgan fingerprint density at radius 3 is 2.13 bits per heavy atom. The molecule has 23 heavy (non-hydrogen) atoms. The summed E-state index contributed by atoms with van der Waals surface area (Å²) in [6, 6.07) is 0. The van der Waals surface area contributed by atoms with Crippen LogP contribution in [0.4, 0.5) is 0 Å². The van der Waals surface area contributed by atoms with Crippen molar-refractivity contribution in [3.8, 4) is 0 Å². The molecule has 0 spiro atoms. The predicted octanol–water partition coefficient (Wildman–Crippen LogP) is -0.540. The number of rotatable bonds is 5. The third kappa shape index (κ3) is 3.31. The zero-order chi connectivity index (χ0) is 17.3. The number of fused-ring (bicyclic) bond motifs is 3. The number of hydrogen-bond acceptors (Lipinski definition) is 9. The van der Waals surface area contributed by atoms with E-state index in [9.17, 15) is 29.7 Å². The van der Waals surface area contributed by atoms with E-state index < -0.39 is 48.1 Å². The predicted molar refractivity (Wildman–Crippen MR) is 71.1 cm³/mol. The Kier molecular flexibility index (Phi) is 4.65. The minimum absolute atomic E-state index is 0.311. The smallest absolute Gasteiger partial charge is 0.422 e. The van der Waals surface area contributed by atoms with Crippen molar-refractivity contribution in [3.63, 3.8) is 0 Å². The lowest BCUT2D eigenvalue weighted by atomic mass is 9.95. The van der Waals surface area contributed by atoms with Gasteiger partial charge in [-0.2, -0.15) is 0 Å². The molecule has 2 rings (SSSR count). The molecular weight excluding hydrogens is 312 g/mol. The number of cyclic esters (lactones) is 1. The molecular formula is C14H20O9. The summed E-state index contributed by atoms with van der Waals surface area (Å²) in [5.41, 5.74) is -2.50. The number of hydrogen-bond donors (Lipinski definition) is 3. The maximum absolute atomic E-state index is 11.9. The zero-order valence-electron chi connectivity index (χ0n) is 12.7. The lowest BCUT2D eigenvalue weighted by Crippen LogP contribution is -2.63. The molecule has 0 radical (unpaired) electrons. The first-order valence-corrected chi connectivity index (χ1v) is 7.48. The highest BCUT2D eigenvalue weighted by molar-refractivity contribution is 5.92. The Bertz CT molecular complexity index is 518. The van der Waals surface area contributed by atoms with Gasteiger partial charge in [0.15, 0.2) is 5.60 Å². The van der Waals surface area contributed by atoms with Crippen LogP contribution in [0.25, 0.3) is 0 Å². The average Bonchev–Trinajstić information content (AvgIpc) is 2.47. The minimum atomic E-state index is -3.20. The summed E-state index contributed by atoms with van der Waals surface area (Å²) in [6.45, 7) is 1.97. The van der Waals surface area contributed by atoms with Gasteiger partial charge in [-0.3, -0.25) is 9.59 Å². The molecule has 2 aliphatic rings. The largest absolute Gasteiger partial charge is 0.443 e. The van der Waals surface area contributed by atoms with Crippen molar-refractivity contribution in [1.82, 2.24) is 0 Å². The van der Waals surface area contributed by atoms with Crippen molar-refractivity contribution in [2.75, 3.05) is 0 Å². The molecule has 2 fully saturated rings. The van der Waals surface area contributed by atoms with Crippen molar-refractivity contribution in [2.45, 2.75) is 69.2 Å². The molecule has 3 N–H and O–H groups in total.